The molecule has 1 fully saturated rings. The zero-order chi connectivity index (χ0) is 11.8. The Labute approximate surface area is 98.5 Å². The summed E-state index contributed by atoms with van der Waals surface area (Å²) in [7, 11) is 0. The van der Waals surface area contributed by atoms with Gasteiger partial charge in [0.2, 0.25) is 0 Å². The van der Waals surface area contributed by atoms with Gasteiger partial charge < -0.3 is 5.32 Å². The number of hydrogen-bond donors (Lipinski definition) is 1. The molecule has 16 heavy (non-hydrogen) atoms. The smallest absolute Gasteiger partial charge is 0.0465 e. The van der Waals surface area contributed by atoms with Gasteiger partial charge in [-0.3, -0.25) is 4.98 Å². The highest BCUT2D eigenvalue weighted by atomic mass is 15.0. The van der Waals surface area contributed by atoms with Gasteiger partial charge in [-0.2, -0.15) is 0 Å². The quantitative estimate of drug-likeness (QED) is 0.844. The lowest BCUT2D eigenvalue weighted by Gasteiger charge is -2.21. The summed E-state index contributed by atoms with van der Waals surface area (Å²) in [6.07, 6.45) is 3.15. The van der Waals surface area contributed by atoms with E-state index in [-0.39, 0.29) is 5.54 Å². The van der Waals surface area contributed by atoms with Crippen molar-refractivity contribution in [1.29, 1.82) is 0 Å². The van der Waals surface area contributed by atoms with Gasteiger partial charge in [-0.25, -0.2) is 0 Å². The Morgan fingerprint density at radius 2 is 2.19 bits per heavy atom. The normalized spacial score (nSPS) is 29.1. The molecule has 2 atom stereocenters. The van der Waals surface area contributed by atoms with Crippen LogP contribution >= 0.6 is 0 Å². The Kier molecular flexibility index (Phi) is 2.79. The number of nitrogens with zero attached hydrogens (tertiary/aromatic N) is 1. The molecule has 2 heteroatoms. The molecule has 0 aromatic carbocycles. The van der Waals surface area contributed by atoms with Gasteiger partial charge in [-0.15, -0.1) is 0 Å². The standard InChI is InChI=1S/C14H22N2/c1-13(2,3)16-10-11-9-14(11,4)12-7-5-6-8-15-12/h5-8,11,16H,9-10H2,1-4H3. The van der Waals surface area contributed by atoms with E-state index in [2.05, 4.69) is 50.1 Å². The fraction of sp³-hybridized carbons (Fsp3) is 0.643. The maximum atomic E-state index is 4.48. The number of rotatable bonds is 3. The van der Waals surface area contributed by atoms with Gasteiger partial charge in [-0.05, 0) is 51.8 Å². The topological polar surface area (TPSA) is 24.9 Å². The lowest BCUT2D eigenvalue weighted by atomic mass is 10.0. The van der Waals surface area contributed by atoms with Crippen LogP contribution in [0.1, 0.15) is 39.8 Å². The molecule has 0 aliphatic heterocycles. The lowest BCUT2D eigenvalue weighted by Crippen LogP contribution is -2.38. The van der Waals surface area contributed by atoms with Gasteiger partial charge in [0, 0.05) is 22.8 Å². The second-order valence-electron chi connectivity index (χ2n) is 6.16. The zero-order valence-corrected chi connectivity index (χ0v) is 10.7. The Morgan fingerprint density at radius 1 is 1.44 bits per heavy atom. The van der Waals surface area contributed by atoms with E-state index in [1.54, 1.807) is 0 Å². The highest BCUT2D eigenvalue weighted by molar-refractivity contribution is 5.26. The van der Waals surface area contributed by atoms with E-state index in [4.69, 9.17) is 0 Å². The fourth-order valence-electron chi connectivity index (χ4n) is 2.19. The second kappa shape index (κ2) is 3.85. The molecule has 2 nitrogen and oxygen atoms in total. The molecule has 1 aromatic heterocycles. The van der Waals surface area contributed by atoms with E-state index < -0.39 is 0 Å². The fourth-order valence-corrected chi connectivity index (χ4v) is 2.19. The average Bonchev–Trinajstić information content (AvgIpc) is 2.89. The first-order valence-corrected chi connectivity index (χ1v) is 6.08. The average molecular weight is 218 g/mol. The molecule has 0 bridgehead atoms. The van der Waals surface area contributed by atoms with Gasteiger partial charge in [0.05, 0.1) is 0 Å². The number of nitrogens with one attached hydrogen (secondary N) is 1. The summed E-state index contributed by atoms with van der Waals surface area (Å²) in [5.74, 6) is 0.738. The first kappa shape index (κ1) is 11.6. The van der Waals surface area contributed by atoms with Crippen molar-refractivity contribution in [1.82, 2.24) is 10.3 Å². The SMILES string of the molecule is CC(C)(C)NCC1CC1(C)c1ccccn1. The third-order valence-corrected chi connectivity index (χ3v) is 3.54. The third-order valence-electron chi connectivity index (χ3n) is 3.54. The van der Waals surface area contributed by atoms with Crippen molar-refractivity contribution in [3.8, 4) is 0 Å². The summed E-state index contributed by atoms with van der Waals surface area (Å²) in [5.41, 5.74) is 1.77. The Morgan fingerprint density at radius 3 is 2.75 bits per heavy atom. The summed E-state index contributed by atoms with van der Waals surface area (Å²) in [6, 6.07) is 6.22. The van der Waals surface area contributed by atoms with Crippen molar-refractivity contribution in [2.45, 2.75) is 45.1 Å². The van der Waals surface area contributed by atoms with Crippen LogP contribution < -0.4 is 5.32 Å². The van der Waals surface area contributed by atoms with Crippen LogP contribution in [0.4, 0.5) is 0 Å². The van der Waals surface area contributed by atoms with Crippen LogP contribution in [0, 0.1) is 5.92 Å². The monoisotopic (exact) mass is 218 g/mol. The first-order chi connectivity index (χ1) is 7.42. The summed E-state index contributed by atoms with van der Waals surface area (Å²) < 4.78 is 0. The van der Waals surface area contributed by atoms with E-state index in [1.807, 2.05) is 12.3 Å². The predicted octanol–water partition coefficient (Wildman–Crippen LogP) is 2.75. The van der Waals surface area contributed by atoms with E-state index in [0.29, 0.717) is 5.41 Å². The molecule has 2 rings (SSSR count). The molecule has 0 amide bonds. The second-order valence-corrected chi connectivity index (χ2v) is 6.16. The molecule has 0 radical (unpaired) electrons. The van der Waals surface area contributed by atoms with Crippen molar-refractivity contribution in [3.05, 3.63) is 30.1 Å². The summed E-state index contributed by atoms with van der Waals surface area (Å²) in [5, 5.41) is 3.58. The lowest BCUT2D eigenvalue weighted by molar-refractivity contribution is 0.405. The minimum absolute atomic E-state index is 0.216. The molecule has 1 aliphatic rings. The van der Waals surface area contributed by atoms with Crippen molar-refractivity contribution >= 4 is 0 Å². The Bertz CT molecular complexity index is 353. The molecule has 2 unspecified atom stereocenters. The van der Waals surface area contributed by atoms with Crippen LogP contribution in [0.25, 0.3) is 0 Å². The maximum absolute atomic E-state index is 4.48. The molecule has 1 aromatic rings. The highest BCUT2D eigenvalue weighted by Crippen LogP contribution is 2.52. The van der Waals surface area contributed by atoms with Crippen LogP contribution in [0.2, 0.25) is 0 Å². The van der Waals surface area contributed by atoms with Crippen LogP contribution in [0.15, 0.2) is 24.4 Å². The third kappa shape index (κ3) is 2.43. The van der Waals surface area contributed by atoms with Crippen molar-refractivity contribution in [2.24, 2.45) is 5.92 Å². The highest BCUT2D eigenvalue weighted by Gasteiger charge is 2.51. The van der Waals surface area contributed by atoms with E-state index in [0.717, 1.165) is 12.5 Å². The number of hydrogen-bond acceptors (Lipinski definition) is 2. The predicted molar refractivity (Wildman–Crippen MR) is 67.5 cm³/mol. The summed E-state index contributed by atoms with van der Waals surface area (Å²) in [4.78, 5) is 4.48. The maximum Gasteiger partial charge on any atom is 0.0465 e. The Hall–Kier alpha value is -0.890. The number of aromatic nitrogens is 1. The first-order valence-electron chi connectivity index (χ1n) is 6.08. The van der Waals surface area contributed by atoms with Gasteiger partial charge in [0.25, 0.3) is 0 Å². The van der Waals surface area contributed by atoms with Gasteiger partial charge in [0.15, 0.2) is 0 Å². The minimum Gasteiger partial charge on any atom is -0.312 e. The molecule has 0 spiro atoms. The zero-order valence-electron chi connectivity index (χ0n) is 10.7. The molecular formula is C14H22N2. The summed E-state index contributed by atoms with van der Waals surface area (Å²) in [6.45, 7) is 10.1. The molecule has 1 saturated carbocycles. The van der Waals surface area contributed by atoms with Gasteiger partial charge in [-0.1, -0.05) is 13.0 Å². The molecular weight excluding hydrogens is 196 g/mol. The van der Waals surface area contributed by atoms with Gasteiger partial charge >= 0.3 is 0 Å². The molecule has 1 heterocycles. The van der Waals surface area contributed by atoms with Crippen LogP contribution in [0.5, 0.6) is 0 Å². The van der Waals surface area contributed by atoms with Crippen molar-refractivity contribution in [2.75, 3.05) is 6.54 Å². The van der Waals surface area contributed by atoms with E-state index >= 15 is 0 Å². The van der Waals surface area contributed by atoms with Crippen molar-refractivity contribution in [3.63, 3.8) is 0 Å². The van der Waals surface area contributed by atoms with Crippen LogP contribution in [0.3, 0.4) is 0 Å². The van der Waals surface area contributed by atoms with Crippen molar-refractivity contribution < 1.29 is 0 Å². The molecule has 1 aliphatic carbocycles. The summed E-state index contributed by atoms with van der Waals surface area (Å²) >= 11 is 0. The van der Waals surface area contributed by atoms with Crippen LogP contribution in [-0.4, -0.2) is 17.1 Å². The van der Waals surface area contributed by atoms with E-state index in [9.17, 15) is 0 Å². The Balaban J connectivity index is 1.95. The molecule has 1 N–H and O–H groups in total. The number of pyridine rings is 1. The minimum atomic E-state index is 0.216. The molecule has 88 valence electrons. The van der Waals surface area contributed by atoms with Gasteiger partial charge in [0.1, 0.15) is 0 Å². The van der Waals surface area contributed by atoms with Crippen LogP contribution in [-0.2, 0) is 5.41 Å². The largest absolute Gasteiger partial charge is 0.312 e. The van der Waals surface area contributed by atoms with E-state index in [1.165, 1.54) is 12.1 Å². The molecule has 0 saturated heterocycles.